The predicted molar refractivity (Wildman–Crippen MR) is 76.7 cm³/mol. The van der Waals surface area contributed by atoms with E-state index in [9.17, 15) is 9.90 Å². The second-order valence-corrected chi connectivity index (χ2v) is 5.34. The molecule has 2 heterocycles. The molecule has 1 aromatic heterocycles. The summed E-state index contributed by atoms with van der Waals surface area (Å²) in [6.45, 7) is 5.19. The van der Waals surface area contributed by atoms with Gasteiger partial charge in [0.2, 0.25) is 0 Å². The van der Waals surface area contributed by atoms with Crippen molar-refractivity contribution >= 4 is 17.5 Å². The Morgan fingerprint density at radius 3 is 2.80 bits per heavy atom. The van der Waals surface area contributed by atoms with E-state index in [1.807, 2.05) is 11.8 Å². The van der Waals surface area contributed by atoms with E-state index in [-0.39, 0.29) is 0 Å². The van der Waals surface area contributed by atoms with Crippen LogP contribution in [0.3, 0.4) is 0 Å². The van der Waals surface area contributed by atoms with Crippen LogP contribution in [0.1, 0.15) is 37.0 Å². The molecule has 1 aliphatic heterocycles. The molecule has 0 radical (unpaired) electrons. The van der Waals surface area contributed by atoms with Gasteiger partial charge >= 0.3 is 5.97 Å². The van der Waals surface area contributed by atoms with E-state index in [0.717, 1.165) is 0 Å². The third-order valence-corrected chi connectivity index (χ3v) is 3.52. The molecule has 20 heavy (non-hydrogen) atoms. The molecule has 0 amide bonds. The number of carbonyl (C=O) groups excluding carboxylic acids is 1. The van der Waals surface area contributed by atoms with Crippen LogP contribution in [0, 0.1) is 0 Å². The number of carbonyl (C=O) groups is 1. The minimum Gasteiger partial charge on any atom is -0.462 e. The topological polar surface area (TPSA) is 88.7 Å². The summed E-state index contributed by atoms with van der Waals surface area (Å²) >= 11 is 0. The van der Waals surface area contributed by atoms with Crippen LogP contribution >= 0.6 is 0 Å². The van der Waals surface area contributed by atoms with Gasteiger partial charge in [0, 0.05) is 13.1 Å². The summed E-state index contributed by atoms with van der Waals surface area (Å²) in [5.74, 6) is 0.160. The van der Waals surface area contributed by atoms with E-state index < -0.39 is 11.6 Å². The van der Waals surface area contributed by atoms with Crippen LogP contribution in [0.5, 0.6) is 0 Å². The molecule has 0 spiro atoms. The monoisotopic (exact) mass is 279 g/mol. The number of esters is 1. The first-order valence-corrected chi connectivity index (χ1v) is 6.83. The Labute approximate surface area is 118 Å². The van der Waals surface area contributed by atoms with E-state index in [4.69, 9.17) is 10.5 Å². The van der Waals surface area contributed by atoms with Gasteiger partial charge in [-0.3, -0.25) is 0 Å². The van der Waals surface area contributed by atoms with Crippen LogP contribution in [-0.4, -0.2) is 41.4 Å². The van der Waals surface area contributed by atoms with Crippen molar-refractivity contribution in [3.63, 3.8) is 0 Å². The zero-order chi connectivity index (χ0) is 14.8. The van der Waals surface area contributed by atoms with Gasteiger partial charge in [0.05, 0.1) is 24.1 Å². The molecule has 1 aliphatic rings. The first-order chi connectivity index (χ1) is 9.43. The number of piperidine rings is 1. The van der Waals surface area contributed by atoms with Crippen molar-refractivity contribution in [2.45, 2.75) is 32.3 Å². The number of aliphatic hydroxyl groups is 1. The smallest absolute Gasteiger partial charge is 0.341 e. The van der Waals surface area contributed by atoms with Crippen LogP contribution in [0.4, 0.5) is 11.5 Å². The fraction of sp³-hybridized carbons (Fsp3) is 0.571. The van der Waals surface area contributed by atoms with Gasteiger partial charge in [0.1, 0.15) is 11.4 Å². The molecule has 2 rings (SSSR count). The lowest BCUT2D eigenvalue weighted by atomic mass is 9.93. The Balaban J connectivity index is 2.25. The SMILES string of the molecule is CCOC(=O)c1cc(N)cnc1N1CCC(C)(O)CC1. The lowest BCUT2D eigenvalue weighted by molar-refractivity contribution is 0.0349. The zero-order valence-electron chi connectivity index (χ0n) is 11.9. The van der Waals surface area contributed by atoms with E-state index in [1.165, 1.54) is 6.20 Å². The quantitative estimate of drug-likeness (QED) is 0.808. The number of pyridine rings is 1. The van der Waals surface area contributed by atoms with Gasteiger partial charge in [0.25, 0.3) is 0 Å². The fourth-order valence-electron chi connectivity index (χ4n) is 2.29. The average Bonchev–Trinajstić information content (AvgIpc) is 2.39. The molecular formula is C14H21N3O3. The molecule has 0 aliphatic carbocycles. The molecule has 6 nitrogen and oxygen atoms in total. The highest BCUT2D eigenvalue weighted by Crippen LogP contribution is 2.28. The Morgan fingerprint density at radius 2 is 2.20 bits per heavy atom. The molecule has 0 unspecified atom stereocenters. The average molecular weight is 279 g/mol. The Bertz CT molecular complexity index is 492. The van der Waals surface area contributed by atoms with Crippen LogP contribution < -0.4 is 10.6 Å². The Hall–Kier alpha value is -1.82. The van der Waals surface area contributed by atoms with Crippen molar-refractivity contribution in [1.82, 2.24) is 4.98 Å². The van der Waals surface area contributed by atoms with E-state index in [1.54, 1.807) is 13.0 Å². The maximum absolute atomic E-state index is 12.0. The van der Waals surface area contributed by atoms with Crippen molar-refractivity contribution in [3.05, 3.63) is 17.8 Å². The van der Waals surface area contributed by atoms with Gasteiger partial charge in [0.15, 0.2) is 0 Å². The van der Waals surface area contributed by atoms with Gasteiger partial charge in [-0.25, -0.2) is 9.78 Å². The minimum atomic E-state index is -0.644. The first kappa shape index (κ1) is 14.6. The fourth-order valence-corrected chi connectivity index (χ4v) is 2.29. The molecule has 0 bridgehead atoms. The maximum Gasteiger partial charge on any atom is 0.341 e. The number of aromatic nitrogens is 1. The summed E-state index contributed by atoms with van der Waals surface area (Å²) in [6.07, 6.45) is 2.81. The number of nitrogens with zero attached hydrogens (tertiary/aromatic N) is 2. The molecule has 0 aromatic carbocycles. The number of hydrogen-bond acceptors (Lipinski definition) is 6. The van der Waals surface area contributed by atoms with Crippen molar-refractivity contribution in [1.29, 1.82) is 0 Å². The summed E-state index contributed by atoms with van der Waals surface area (Å²) in [4.78, 5) is 18.3. The molecule has 1 fully saturated rings. The molecule has 1 aromatic rings. The molecule has 3 N–H and O–H groups in total. The molecule has 110 valence electrons. The number of anilines is 2. The predicted octanol–water partition coefficient (Wildman–Crippen LogP) is 1.19. The Morgan fingerprint density at radius 1 is 1.55 bits per heavy atom. The van der Waals surface area contributed by atoms with Crippen LogP contribution in [0.2, 0.25) is 0 Å². The largest absolute Gasteiger partial charge is 0.462 e. The van der Waals surface area contributed by atoms with Crippen LogP contribution in [0.15, 0.2) is 12.3 Å². The summed E-state index contributed by atoms with van der Waals surface area (Å²) in [6, 6.07) is 1.59. The van der Waals surface area contributed by atoms with Gasteiger partial charge in [-0.2, -0.15) is 0 Å². The number of hydrogen-bond donors (Lipinski definition) is 2. The second kappa shape index (κ2) is 5.66. The molecule has 6 heteroatoms. The third kappa shape index (κ3) is 3.19. The molecule has 0 atom stereocenters. The highest BCUT2D eigenvalue weighted by molar-refractivity contribution is 5.95. The lowest BCUT2D eigenvalue weighted by Gasteiger charge is -2.37. The molecule has 0 saturated carbocycles. The van der Waals surface area contributed by atoms with Crippen LogP contribution in [0.25, 0.3) is 0 Å². The highest BCUT2D eigenvalue weighted by atomic mass is 16.5. The van der Waals surface area contributed by atoms with E-state index in [0.29, 0.717) is 49.6 Å². The van der Waals surface area contributed by atoms with Crippen molar-refractivity contribution < 1.29 is 14.6 Å². The van der Waals surface area contributed by atoms with E-state index in [2.05, 4.69) is 4.98 Å². The van der Waals surface area contributed by atoms with Gasteiger partial charge in [-0.1, -0.05) is 0 Å². The summed E-state index contributed by atoms with van der Waals surface area (Å²) in [5.41, 5.74) is 5.87. The number of ether oxygens (including phenoxy) is 1. The molecule has 1 saturated heterocycles. The first-order valence-electron chi connectivity index (χ1n) is 6.83. The standard InChI is InChI=1S/C14H21N3O3/c1-3-20-13(18)11-8-10(15)9-16-12(11)17-6-4-14(2,19)5-7-17/h8-9,19H,3-7,15H2,1-2H3. The summed E-state index contributed by atoms with van der Waals surface area (Å²) in [7, 11) is 0. The van der Waals surface area contributed by atoms with Gasteiger partial charge in [-0.05, 0) is 32.8 Å². The number of nitrogens with two attached hydrogens (primary N) is 1. The van der Waals surface area contributed by atoms with Crippen LogP contribution in [-0.2, 0) is 4.74 Å². The number of nitrogen functional groups attached to an aromatic ring is 1. The van der Waals surface area contributed by atoms with E-state index >= 15 is 0 Å². The summed E-state index contributed by atoms with van der Waals surface area (Å²) in [5, 5.41) is 9.99. The van der Waals surface area contributed by atoms with Crippen molar-refractivity contribution in [3.8, 4) is 0 Å². The highest BCUT2D eigenvalue weighted by Gasteiger charge is 2.30. The normalized spacial score (nSPS) is 17.9. The molecular weight excluding hydrogens is 258 g/mol. The third-order valence-electron chi connectivity index (χ3n) is 3.52. The summed E-state index contributed by atoms with van der Waals surface area (Å²) < 4.78 is 5.04. The minimum absolute atomic E-state index is 0.307. The lowest BCUT2D eigenvalue weighted by Crippen LogP contribution is -2.43. The number of rotatable bonds is 3. The zero-order valence-corrected chi connectivity index (χ0v) is 11.9. The van der Waals surface area contributed by atoms with Gasteiger partial charge < -0.3 is 20.5 Å². The Kier molecular flexibility index (Phi) is 4.13. The van der Waals surface area contributed by atoms with Gasteiger partial charge in [-0.15, -0.1) is 0 Å². The second-order valence-electron chi connectivity index (χ2n) is 5.34. The maximum atomic E-state index is 12.0. The van der Waals surface area contributed by atoms with Crippen molar-refractivity contribution in [2.75, 3.05) is 30.3 Å². The van der Waals surface area contributed by atoms with Crippen molar-refractivity contribution in [2.24, 2.45) is 0 Å².